The number of thiophene rings is 1. The number of rotatable bonds is 7. The van der Waals surface area contributed by atoms with E-state index in [1.165, 1.54) is 11.0 Å². The van der Waals surface area contributed by atoms with Crippen LogP contribution in [0.15, 0.2) is 17.5 Å². The third-order valence-corrected chi connectivity index (χ3v) is 3.20. The Morgan fingerprint density at radius 3 is 3.06 bits per heavy atom. The van der Waals surface area contributed by atoms with Crippen LogP contribution in [0.25, 0.3) is 6.08 Å². The third kappa shape index (κ3) is 5.12. The number of ether oxygens (including phenoxy) is 1. The zero-order valence-corrected chi connectivity index (χ0v) is 10.9. The first-order valence-electron chi connectivity index (χ1n) is 5.28. The molecule has 0 spiro atoms. The van der Waals surface area contributed by atoms with Crippen LogP contribution >= 0.6 is 11.3 Å². The molecule has 0 aliphatic heterocycles. The van der Waals surface area contributed by atoms with Crippen LogP contribution in [-0.4, -0.2) is 43.3 Å². The molecule has 17 heavy (non-hydrogen) atoms. The molecule has 4 nitrogen and oxygen atoms in total. The lowest BCUT2D eigenvalue weighted by molar-refractivity contribution is -0.131. The van der Waals surface area contributed by atoms with Gasteiger partial charge in [-0.25, -0.2) is 4.79 Å². The molecule has 1 N–H and O–H groups in total. The van der Waals surface area contributed by atoms with Crippen LogP contribution < -0.4 is 0 Å². The number of hydrogen-bond acceptors (Lipinski definition) is 4. The lowest BCUT2D eigenvalue weighted by Gasteiger charge is -2.15. The van der Waals surface area contributed by atoms with Crippen molar-refractivity contribution in [1.82, 2.24) is 4.90 Å². The van der Waals surface area contributed by atoms with Crippen molar-refractivity contribution in [1.29, 1.82) is 0 Å². The average molecular weight is 255 g/mol. The predicted octanol–water partition coefficient (Wildman–Crippen LogP) is 1.92. The highest BCUT2D eigenvalue weighted by Crippen LogP contribution is 2.19. The Morgan fingerprint density at radius 1 is 1.65 bits per heavy atom. The average Bonchev–Trinajstić information content (AvgIpc) is 2.71. The maximum Gasteiger partial charge on any atom is 0.328 e. The van der Waals surface area contributed by atoms with Gasteiger partial charge in [0.1, 0.15) is 0 Å². The summed E-state index contributed by atoms with van der Waals surface area (Å²) in [7, 11) is 3.70. The van der Waals surface area contributed by atoms with Crippen LogP contribution in [0.5, 0.6) is 0 Å². The summed E-state index contributed by atoms with van der Waals surface area (Å²) < 4.78 is 5.01. The highest BCUT2D eigenvalue weighted by molar-refractivity contribution is 7.10. The molecule has 0 fully saturated rings. The number of nitrogens with zero attached hydrogens (tertiary/aromatic N) is 1. The van der Waals surface area contributed by atoms with Crippen molar-refractivity contribution in [3.63, 3.8) is 0 Å². The van der Waals surface area contributed by atoms with Crippen molar-refractivity contribution < 1.29 is 14.6 Å². The second kappa shape index (κ2) is 7.21. The fraction of sp³-hybridized carbons (Fsp3) is 0.417. The molecule has 0 aromatic carbocycles. The Balaban J connectivity index is 2.59. The first kappa shape index (κ1) is 13.9. The largest absolute Gasteiger partial charge is 0.478 e. The highest BCUT2D eigenvalue weighted by Gasteiger charge is 2.05. The maximum absolute atomic E-state index is 10.5. The molecule has 1 aromatic rings. The molecule has 0 atom stereocenters. The Labute approximate surface area is 105 Å². The van der Waals surface area contributed by atoms with E-state index in [4.69, 9.17) is 9.84 Å². The van der Waals surface area contributed by atoms with Crippen LogP contribution in [0.1, 0.15) is 10.4 Å². The van der Waals surface area contributed by atoms with Crippen LogP contribution in [0.3, 0.4) is 0 Å². The van der Waals surface area contributed by atoms with Crippen LogP contribution in [-0.2, 0) is 16.1 Å². The van der Waals surface area contributed by atoms with Gasteiger partial charge in [0.25, 0.3) is 0 Å². The predicted molar refractivity (Wildman–Crippen MR) is 69.2 cm³/mol. The number of aliphatic carboxylic acids is 1. The van der Waals surface area contributed by atoms with Gasteiger partial charge in [0, 0.05) is 31.2 Å². The summed E-state index contributed by atoms with van der Waals surface area (Å²) in [6.07, 6.45) is 2.80. The van der Waals surface area contributed by atoms with Gasteiger partial charge in [-0.2, -0.15) is 0 Å². The molecule has 1 rings (SSSR count). The lowest BCUT2D eigenvalue weighted by Crippen LogP contribution is -2.22. The molecular formula is C12H17NO3S. The van der Waals surface area contributed by atoms with Gasteiger partial charge in [-0.3, -0.25) is 4.90 Å². The topological polar surface area (TPSA) is 49.8 Å². The summed E-state index contributed by atoms with van der Waals surface area (Å²) in [5.41, 5.74) is 0.974. The molecule has 1 aromatic heterocycles. The smallest absolute Gasteiger partial charge is 0.328 e. The second-order valence-electron chi connectivity index (χ2n) is 3.70. The zero-order valence-electron chi connectivity index (χ0n) is 10.0. The van der Waals surface area contributed by atoms with E-state index in [9.17, 15) is 4.79 Å². The standard InChI is InChI=1S/C12H17NO3S/c1-13(6-7-16-2)9-11-10(5-8-17-11)3-4-12(14)15/h3-5,8H,6-7,9H2,1-2H3,(H,14,15). The van der Waals surface area contributed by atoms with Crippen molar-refractivity contribution in [3.8, 4) is 0 Å². The highest BCUT2D eigenvalue weighted by atomic mass is 32.1. The van der Waals surface area contributed by atoms with Crippen molar-refractivity contribution in [3.05, 3.63) is 28.0 Å². The molecule has 0 bridgehead atoms. The molecule has 0 aliphatic carbocycles. The number of carboxylic acid groups (broad SMARTS) is 1. The molecular weight excluding hydrogens is 238 g/mol. The van der Waals surface area contributed by atoms with Crippen molar-refractivity contribution in [2.24, 2.45) is 0 Å². The molecule has 1 heterocycles. The minimum absolute atomic E-state index is 0.697. The summed E-state index contributed by atoms with van der Waals surface area (Å²) in [6.45, 7) is 2.36. The summed E-state index contributed by atoms with van der Waals surface area (Å²) in [4.78, 5) is 13.8. The van der Waals surface area contributed by atoms with Crippen molar-refractivity contribution in [2.45, 2.75) is 6.54 Å². The third-order valence-electron chi connectivity index (χ3n) is 2.28. The number of carboxylic acids is 1. The van der Waals surface area contributed by atoms with Gasteiger partial charge in [0.05, 0.1) is 6.61 Å². The van der Waals surface area contributed by atoms with E-state index in [0.29, 0.717) is 6.61 Å². The Bertz CT molecular complexity index is 387. The second-order valence-corrected chi connectivity index (χ2v) is 4.70. The van der Waals surface area contributed by atoms with Gasteiger partial charge in [-0.1, -0.05) is 0 Å². The fourth-order valence-electron chi connectivity index (χ4n) is 1.36. The summed E-state index contributed by atoms with van der Waals surface area (Å²) >= 11 is 1.64. The first-order chi connectivity index (χ1) is 8.13. The molecule has 0 aliphatic rings. The monoisotopic (exact) mass is 255 g/mol. The number of methoxy groups -OCH3 is 1. The molecule has 0 unspecified atom stereocenters. The van der Waals surface area contributed by atoms with Gasteiger partial charge >= 0.3 is 5.97 Å². The zero-order chi connectivity index (χ0) is 12.7. The van der Waals surface area contributed by atoms with E-state index >= 15 is 0 Å². The van der Waals surface area contributed by atoms with E-state index < -0.39 is 5.97 Å². The van der Waals surface area contributed by atoms with Crippen molar-refractivity contribution in [2.75, 3.05) is 27.3 Å². The van der Waals surface area contributed by atoms with Gasteiger partial charge in [-0.15, -0.1) is 11.3 Å². The molecule has 0 saturated carbocycles. The summed E-state index contributed by atoms with van der Waals surface area (Å²) in [5.74, 6) is -0.921. The Kier molecular flexibility index (Phi) is 5.90. The number of hydrogen-bond donors (Lipinski definition) is 1. The number of carbonyl (C=O) groups is 1. The molecule has 5 heteroatoms. The molecule has 0 radical (unpaired) electrons. The molecule has 0 saturated heterocycles. The van der Waals surface area contributed by atoms with Gasteiger partial charge in [0.15, 0.2) is 0 Å². The minimum atomic E-state index is -0.921. The Hall–Kier alpha value is -1.17. The van der Waals surface area contributed by atoms with Crippen LogP contribution in [0.2, 0.25) is 0 Å². The fourth-order valence-corrected chi connectivity index (χ4v) is 2.31. The van der Waals surface area contributed by atoms with Gasteiger partial charge in [-0.05, 0) is 30.1 Å². The molecule has 94 valence electrons. The van der Waals surface area contributed by atoms with Gasteiger partial charge in [0.2, 0.25) is 0 Å². The van der Waals surface area contributed by atoms with Gasteiger partial charge < -0.3 is 9.84 Å². The molecule has 0 amide bonds. The summed E-state index contributed by atoms with van der Waals surface area (Å²) in [5, 5.41) is 10.6. The minimum Gasteiger partial charge on any atom is -0.478 e. The lowest BCUT2D eigenvalue weighted by atomic mass is 10.2. The van der Waals surface area contributed by atoms with E-state index in [1.54, 1.807) is 24.5 Å². The Morgan fingerprint density at radius 2 is 2.41 bits per heavy atom. The van der Waals surface area contributed by atoms with E-state index in [1.807, 2.05) is 18.5 Å². The summed E-state index contributed by atoms with van der Waals surface area (Å²) in [6, 6.07) is 1.93. The number of likely N-dealkylation sites (N-methyl/N-ethyl adjacent to an activating group) is 1. The van der Waals surface area contributed by atoms with E-state index in [-0.39, 0.29) is 0 Å². The normalized spacial score (nSPS) is 11.5. The van der Waals surface area contributed by atoms with Crippen molar-refractivity contribution >= 4 is 23.4 Å². The first-order valence-corrected chi connectivity index (χ1v) is 6.16. The van der Waals surface area contributed by atoms with E-state index in [0.717, 1.165) is 18.7 Å². The van der Waals surface area contributed by atoms with E-state index in [2.05, 4.69) is 4.90 Å². The maximum atomic E-state index is 10.5. The quantitative estimate of drug-likeness (QED) is 0.756. The SMILES string of the molecule is COCCN(C)Cc1sccc1C=CC(=O)O. The van der Waals surface area contributed by atoms with Crippen LogP contribution in [0.4, 0.5) is 0 Å². The van der Waals surface area contributed by atoms with Crippen LogP contribution in [0, 0.1) is 0 Å².